The van der Waals surface area contributed by atoms with Crippen molar-refractivity contribution in [2.24, 2.45) is 0 Å². The number of fused-ring (bicyclic) bond motifs is 14. The summed E-state index contributed by atoms with van der Waals surface area (Å²) in [6, 6.07) is 60.1. The molecular formula is C48H27BN2O. The number of nitrogens with zero attached hydrogens (tertiary/aromatic N) is 2. The Bertz CT molecular complexity index is 3350. The molecule has 8 aromatic carbocycles. The predicted molar refractivity (Wildman–Crippen MR) is 218 cm³/mol. The number of benzene rings is 8. The van der Waals surface area contributed by atoms with Gasteiger partial charge in [0.05, 0.1) is 11.0 Å². The smallest absolute Gasteiger partial charge is 0.333 e. The van der Waals surface area contributed by atoms with Crippen molar-refractivity contribution in [2.45, 2.75) is 0 Å². The molecule has 3 nitrogen and oxygen atoms in total. The van der Waals surface area contributed by atoms with Gasteiger partial charge in [-0.1, -0.05) is 140 Å². The summed E-state index contributed by atoms with van der Waals surface area (Å²) in [7, 11) is 0. The molecule has 0 fully saturated rings. The average molecular weight is 659 g/mol. The highest BCUT2D eigenvalue weighted by Gasteiger charge is 2.43. The largest absolute Gasteiger partial charge is 0.456 e. The van der Waals surface area contributed by atoms with E-state index in [1.165, 1.54) is 99.0 Å². The quantitative estimate of drug-likeness (QED) is 0.170. The van der Waals surface area contributed by atoms with Crippen molar-refractivity contribution in [3.05, 3.63) is 164 Å². The maximum absolute atomic E-state index is 6.80. The molecule has 0 amide bonds. The van der Waals surface area contributed by atoms with Crippen molar-refractivity contribution in [1.82, 2.24) is 9.05 Å². The summed E-state index contributed by atoms with van der Waals surface area (Å²) in [6.45, 7) is -0.0373. The SMILES string of the molecule is c1ccc(-c2cccc3c2c2c(-c4ccccc4)ccc4c2n3-c2cc3oc5ccccc5c3c3c2B4n2c4ccccc4c4cccc-3c42)cc1. The minimum Gasteiger partial charge on any atom is -0.456 e. The van der Waals surface area contributed by atoms with Crippen molar-refractivity contribution in [3.8, 4) is 39.1 Å². The molecule has 0 saturated heterocycles. The van der Waals surface area contributed by atoms with Crippen molar-refractivity contribution in [2.75, 3.05) is 0 Å². The Balaban J connectivity index is 1.32. The van der Waals surface area contributed by atoms with Gasteiger partial charge in [-0.15, -0.1) is 0 Å². The van der Waals surface area contributed by atoms with Crippen LogP contribution in [0.3, 0.4) is 0 Å². The second kappa shape index (κ2) is 9.51. The summed E-state index contributed by atoms with van der Waals surface area (Å²) in [5.74, 6) is 0. The summed E-state index contributed by atoms with van der Waals surface area (Å²) >= 11 is 0. The van der Waals surface area contributed by atoms with Crippen LogP contribution in [0.15, 0.2) is 168 Å². The molecule has 0 bridgehead atoms. The van der Waals surface area contributed by atoms with Gasteiger partial charge in [0.15, 0.2) is 0 Å². The maximum Gasteiger partial charge on any atom is 0.333 e. The van der Waals surface area contributed by atoms with E-state index in [1.54, 1.807) is 0 Å². The molecule has 5 heterocycles. The van der Waals surface area contributed by atoms with Crippen LogP contribution in [-0.4, -0.2) is 15.9 Å². The van der Waals surface area contributed by atoms with Crippen LogP contribution >= 0.6 is 0 Å². The molecule has 3 aromatic heterocycles. The lowest BCUT2D eigenvalue weighted by molar-refractivity contribution is 0.669. The van der Waals surface area contributed by atoms with Crippen LogP contribution in [0.1, 0.15) is 0 Å². The lowest BCUT2D eigenvalue weighted by atomic mass is 9.45. The van der Waals surface area contributed by atoms with E-state index in [9.17, 15) is 0 Å². The van der Waals surface area contributed by atoms with Crippen molar-refractivity contribution >= 4 is 83.3 Å². The first-order valence-electron chi connectivity index (χ1n) is 18.1. The third-order valence-corrected chi connectivity index (χ3v) is 11.9. The number of furan rings is 1. The number of aromatic nitrogens is 2. The van der Waals surface area contributed by atoms with Crippen LogP contribution in [0.4, 0.5) is 0 Å². The molecule has 0 unspecified atom stereocenters. The van der Waals surface area contributed by atoms with Crippen LogP contribution in [0, 0.1) is 0 Å². The second-order valence-corrected chi connectivity index (χ2v) is 14.3. The summed E-state index contributed by atoms with van der Waals surface area (Å²) in [6.07, 6.45) is 0. The first kappa shape index (κ1) is 27.0. The highest BCUT2D eigenvalue weighted by Crippen LogP contribution is 2.49. The molecule has 0 saturated carbocycles. The fourth-order valence-corrected chi connectivity index (χ4v) is 9.97. The Morgan fingerprint density at radius 1 is 0.442 bits per heavy atom. The molecule has 0 spiro atoms. The van der Waals surface area contributed by atoms with Crippen molar-refractivity contribution < 1.29 is 4.42 Å². The standard InChI is InChI=1S/C48H27BN2O/c1-3-13-28(14-4-1)30-19-12-23-38-42(30)45-31(29-15-5-2-6-16-29)25-26-36-48(45)50(38)39-27-41-43(34-18-8-10-24-40(34)52-41)44-35-21-11-20-33-32-17-7-9-22-37(32)51(47(33)35)49(36)46(39)44/h1-27H. The number of rotatable bonds is 2. The Morgan fingerprint density at radius 2 is 1.10 bits per heavy atom. The third-order valence-electron chi connectivity index (χ3n) is 11.9. The lowest BCUT2D eigenvalue weighted by Crippen LogP contribution is -2.55. The average Bonchev–Trinajstić information content (AvgIpc) is 3.87. The first-order chi connectivity index (χ1) is 25.8. The monoisotopic (exact) mass is 658 g/mol. The van der Waals surface area contributed by atoms with Gasteiger partial charge >= 0.3 is 6.85 Å². The fourth-order valence-electron chi connectivity index (χ4n) is 9.97. The Kier molecular flexibility index (Phi) is 4.94. The van der Waals surface area contributed by atoms with Gasteiger partial charge in [0, 0.05) is 60.7 Å². The summed E-state index contributed by atoms with van der Waals surface area (Å²) in [5.41, 5.74) is 18.2. The zero-order valence-electron chi connectivity index (χ0n) is 28.0. The molecular weight excluding hydrogens is 631 g/mol. The Labute approximate surface area is 298 Å². The normalized spacial score (nSPS) is 13.0. The van der Waals surface area contributed by atoms with Gasteiger partial charge in [-0.05, 0) is 56.9 Å². The van der Waals surface area contributed by atoms with Gasteiger partial charge in [-0.3, -0.25) is 0 Å². The van der Waals surface area contributed by atoms with Gasteiger partial charge in [-0.25, -0.2) is 0 Å². The van der Waals surface area contributed by atoms with Crippen LogP contribution in [0.5, 0.6) is 0 Å². The van der Waals surface area contributed by atoms with Gasteiger partial charge < -0.3 is 13.5 Å². The van der Waals surface area contributed by atoms with E-state index < -0.39 is 0 Å². The number of para-hydroxylation sites is 3. The zero-order chi connectivity index (χ0) is 33.7. The van der Waals surface area contributed by atoms with Crippen LogP contribution in [-0.2, 0) is 0 Å². The van der Waals surface area contributed by atoms with E-state index in [0.29, 0.717) is 0 Å². The van der Waals surface area contributed by atoms with E-state index in [0.717, 1.165) is 16.6 Å². The third kappa shape index (κ3) is 3.16. The van der Waals surface area contributed by atoms with Gasteiger partial charge in [-0.2, -0.15) is 0 Å². The van der Waals surface area contributed by atoms with Gasteiger partial charge in [0.1, 0.15) is 11.2 Å². The lowest BCUT2D eigenvalue weighted by Gasteiger charge is -2.34. The first-order valence-corrected chi connectivity index (χ1v) is 18.1. The van der Waals surface area contributed by atoms with Crippen LogP contribution in [0.25, 0.3) is 105 Å². The van der Waals surface area contributed by atoms with Crippen molar-refractivity contribution in [1.29, 1.82) is 0 Å². The van der Waals surface area contributed by atoms with Gasteiger partial charge in [0.25, 0.3) is 0 Å². The molecule has 238 valence electrons. The molecule has 0 aliphatic carbocycles. The molecule has 0 atom stereocenters. The highest BCUT2D eigenvalue weighted by atomic mass is 16.3. The molecule has 52 heavy (non-hydrogen) atoms. The molecule has 2 aliphatic rings. The predicted octanol–water partition coefficient (Wildman–Crippen LogP) is 11.1. The van der Waals surface area contributed by atoms with Crippen molar-refractivity contribution in [3.63, 3.8) is 0 Å². The second-order valence-electron chi connectivity index (χ2n) is 14.3. The molecule has 0 N–H and O–H groups in total. The minimum atomic E-state index is -0.0373. The van der Waals surface area contributed by atoms with E-state index in [4.69, 9.17) is 4.42 Å². The van der Waals surface area contributed by atoms with Crippen LogP contribution < -0.4 is 10.9 Å². The molecule has 13 rings (SSSR count). The molecule has 11 aromatic rings. The van der Waals surface area contributed by atoms with E-state index in [1.807, 2.05) is 0 Å². The maximum atomic E-state index is 6.80. The minimum absolute atomic E-state index is 0.0373. The fraction of sp³-hybridized carbons (Fsp3) is 0. The molecule has 0 radical (unpaired) electrons. The van der Waals surface area contributed by atoms with Crippen LogP contribution in [0.2, 0.25) is 0 Å². The topological polar surface area (TPSA) is 23.0 Å². The zero-order valence-corrected chi connectivity index (χ0v) is 28.0. The van der Waals surface area contributed by atoms with Gasteiger partial charge in [0.2, 0.25) is 0 Å². The van der Waals surface area contributed by atoms with E-state index >= 15 is 0 Å². The Morgan fingerprint density at radius 3 is 1.92 bits per heavy atom. The highest BCUT2D eigenvalue weighted by molar-refractivity contribution is 6.90. The van der Waals surface area contributed by atoms with E-state index in [-0.39, 0.29) is 6.85 Å². The summed E-state index contributed by atoms with van der Waals surface area (Å²) in [4.78, 5) is 0. The number of hydrogen-bond donors (Lipinski definition) is 0. The molecule has 4 heteroatoms. The summed E-state index contributed by atoms with van der Waals surface area (Å²) < 4.78 is 12.0. The Hall–Kier alpha value is -6.78. The number of hydrogen-bond acceptors (Lipinski definition) is 1. The van der Waals surface area contributed by atoms with E-state index in [2.05, 4.69) is 173 Å². The molecule has 2 aliphatic heterocycles. The summed E-state index contributed by atoms with van der Waals surface area (Å²) in [5, 5.41) is 7.51.